The van der Waals surface area contributed by atoms with E-state index in [0.29, 0.717) is 33.8 Å². The van der Waals surface area contributed by atoms with Crippen LogP contribution in [0.3, 0.4) is 0 Å². The number of benzene rings is 2. The van der Waals surface area contributed by atoms with Crippen molar-refractivity contribution >= 4 is 17.6 Å². The topological polar surface area (TPSA) is 83.7 Å². The summed E-state index contributed by atoms with van der Waals surface area (Å²) < 4.78 is 20.8. The lowest BCUT2D eigenvalue weighted by Crippen LogP contribution is -2.03. The van der Waals surface area contributed by atoms with Crippen molar-refractivity contribution in [1.82, 2.24) is 10.1 Å². The van der Waals surface area contributed by atoms with Crippen LogP contribution in [0.25, 0.3) is 11.4 Å². The van der Waals surface area contributed by atoms with Gasteiger partial charge in [-0.3, -0.25) is 0 Å². The second kappa shape index (κ2) is 7.88. The summed E-state index contributed by atoms with van der Waals surface area (Å²) in [5, 5.41) is 4.50. The number of methoxy groups -OCH3 is 2. The molecule has 1 aromatic heterocycles. The van der Waals surface area contributed by atoms with E-state index in [0.717, 1.165) is 5.56 Å². The van der Waals surface area contributed by atoms with Crippen molar-refractivity contribution in [3.8, 4) is 22.9 Å². The molecule has 0 spiro atoms. The molecule has 134 valence electrons. The van der Waals surface area contributed by atoms with Gasteiger partial charge < -0.3 is 18.7 Å². The molecule has 0 aliphatic carbocycles. The van der Waals surface area contributed by atoms with E-state index in [1.165, 1.54) is 20.3 Å². The molecule has 0 fully saturated rings. The molecule has 0 amide bonds. The van der Waals surface area contributed by atoms with Crippen LogP contribution < -0.4 is 9.47 Å². The molecule has 8 heteroatoms. The number of hydrogen-bond donors (Lipinski definition) is 0. The predicted molar refractivity (Wildman–Crippen MR) is 93.4 cm³/mol. The molecule has 1 heterocycles. The van der Waals surface area contributed by atoms with Gasteiger partial charge in [-0.25, -0.2) is 4.79 Å². The first-order valence-electron chi connectivity index (χ1n) is 7.58. The fourth-order valence-corrected chi connectivity index (χ4v) is 2.42. The van der Waals surface area contributed by atoms with Crippen molar-refractivity contribution in [3.05, 3.63) is 58.9 Å². The number of halogens is 1. The number of carbonyl (C=O) groups excluding carboxylic acids is 1. The third-order valence-corrected chi connectivity index (χ3v) is 3.72. The summed E-state index contributed by atoms with van der Waals surface area (Å²) in [5.41, 5.74) is 1.10. The molecule has 7 nitrogen and oxygen atoms in total. The Morgan fingerprint density at radius 1 is 1.15 bits per heavy atom. The number of aromatic nitrogens is 2. The fourth-order valence-electron chi connectivity index (χ4n) is 2.23. The lowest BCUT2D eigenvalue weighted by molar-refractivity contribution is 0.0600. The highest BCUT2D eigenvalue weighted by atomic mass is 35.5. The molecule has 0 saturated heterocycles. The molecule has 0 N–H and O–H groups in total. The minimum Gasteiger partial charge on any atom is -0.493 e. The summed E-state index contributed by atoms with van der Waals surface area (Å²) in [7, 11) is 2.79. The maximum Gasteiger partial charge on any atom is 0.337 e. The molecule has 3 aromatic rings. The molecular formula is C18H15ClN2O5. The van der Waals surface area contributed by atoms with Crippen LogP contribution in [0.2, 0.25) is 5.02 Å². The summed E-state index contributed by atoms with van der Waals surface area (Å²) in [4.78, 5) is 15.8. The van der Waals surface area contributed by atoms with Gasteiger partial charge in [0, 0.05) is 10.6 Å². The van der Waals surface area contributed by atoms with Crippen LogP contribution in [0.5, 0.6) is 11.5 Å². The molecular weight excluding hydrogens is 360 g/mol. The minimum atomic E-state index is -0.460. The molecule has 3 rings (SSSR count). The normalized spacial score (nSPS) is 10.4. The van der Waals surface area contributed by atoms with Crippen LogP contribution in [0, 0.1) is 0 Å². The van der Waals surface area contributed by atoms with E-state index in [1.54, 1.807) is 30.3 Å². The Morgan fingerprint density at radius 2 is 2.00 bits per heavy atom. The lowest BCUT2D eigenvalue weighted by atomic mass is 10.2. The van der Waals surface area contributed by atoms with Crippen molar-refractivity contribution < 1.29 is 23.5 Å². The second-order valence-electron chi connectivity index (χ2n) is 5.17. The van der Waals surface area contributed by atoms with Gasteiger partial charge in [0.25, 0.3) is 5.89 Å². The Kier molecular flexibility index (Phi) is 5.38. The molecule has 0 unspecified atom stereocenters. The monoisotopic (exact) mass is 374 g/mol. The fraction of sp³-hybridized carbons (Fsp3) is 0.167. The van der Waals surface area contributed by atoms with E-state index < -0.39 is 5.97 Å². The number of ether oxygens (including phenoxy) is 3. The number of nitrogens with zero attached hydrogens (tertiary/aromatic N) is 2. The van der Waals surface area contributed by atoms with Crippen LogP contribution in [-0.4, -0.2) is 30.3 Å². The van der Waals surface area contributed by atoms with Crippen molar-refractivity contribution in [3.63, 3.8) is 0 Å². The lowest BCUT2D eigenvalue weighted by Gasteiger charge is -2.10. The molecule has 0 aliphatic rings. The summed E-state index contributed by atoms with van der Waals surface area (Å²) >= 11 is 5.96. The first kappa shape index (κ1) is 17.8. The van der Waals surface area contributed by atoms with Crippen molar-refractivity contribution in [2.45, 2.75) is 6.61 Å². The number of esters is 1. The van der Waals surface area contributed by atoms with Gasteiger partial charge in [-0.05, 0) is 30.3 Å². The van der Waals surface area contributed by atoms with E-state index in [4.69, 9.17) is 25.6 Å². The van der Waals surface area contributed by atoms with Crippen LogP contribution in [0.1, 0.15) is 16.2 Å². The average molecular weight is 375 g/mol. The molecule has 0 atom stereocenters. The van der Waals surface area contributed by atoms with E-state index in [2.05, 4.69) is 14.9 Å². The molecule has 0 radical (unpaired) electrons. The summed E-state index contributed by atoms with van der Waals surface area (Å²) in [6.07, 6.45) is 0. The third-order valence-electron chi connectivity index (χ3n) is 3.49. The third kappa shape index (κ3) is 3.94. The van der Waals surface area contributed by atoms with E-state index >= 15 is 0 Å². The smallest absolute Gasteiger partial charge is 0.337 e. The zero-order chi connectivity index (χ0) is 18.5. The van der Waals surface area contributed by atoms with Crippen LogP contribution >= 0.6 is 11.6 Å². The number of rotatable bonds is 6. The second-order valence-corrected chi connectivity index (χ2v) is 5.60. The van der Waals surface area contributed by atoms with Gasteiger partial charge in [-0.2, -0.15) is 4.98 Å². The highest BCUT2D eigenvalue weighted by Gasteiger charge is 2.14. The molecule has 0 saturated carbocycles. The number of carbonyl (C=O) groups is 1. The van der Waals surface area contributed by atoms with Crippen LogP contribution in [0.4, 0.5) is 0 Å². The molecule has 0 aliphatic heterocycles. The average Bonchev–Trinajstić information content (AvgIpc) is 3.14. The van der Waals surface area contributed by atoms with Crippen molar-refractivity contribution in [1.29, 1.82) is 0 Å². The Balaban J connectivity index is 1.72. The highest BCUT2D eigenvalue weighted by Crippen LogP contribution is 2.29. The molecule has 2 aromatic carbocycles. The quantitative estimate of drug-likeness (QED) is 0.607. The summed E-state index contributed by atoms with van der Waals surface area (Å²) in [6, 6.07) is 11.9. The Hall–Kier alpha value is -3.06. The maximum absolute atomic E-state index is 11.6. The van der Waals surface area contributed by atoms with Gasteiger partial charge in [0.05, 0.1) is 19.8 Å². The van der Waals surface area contributed by atoms with Gasteiger partial charge in [0.15, 0.2) is 18.1 Å². The largest absolute Gasteiger partial charge is 0.493 e. The van der Waals surface area contributed by atoms with Crippen molar-refractivity contribution in [2.24, 2.45) is 0 Å². The van der Waals surface area contributed by atoms with Gasteiger partial charge >= 0.3 is 5.97 Å². The predicted octanol–water partition coefficient (Wildman–Crippen LogP) is 3.76. The first-order chi connectivity index (χ1) is 12.6. The Labute approximate surface area is 154 Å². The van der Waals surface area contributed by atoms with E-state index in [9.17, 15) is 4.79 Å². The summed E-state index contributed by atoms with van der Waals surface area (Å²) in [6.45, 7) is 0.0432. The van der Waals surface area contributed by atoms with Gasteiger partial charge in [0.1, 0.15) is 0 Å². The Bertz CT molecular complexity index is 925. The maximum atomic E-state index is 11.6. The van der Waals surface area contributed by atoms with Gasteiger partial charge in [0.2, 0.25) is 5.82 Å². The number of hydrogen-bond acceptors (Lipinski definition) is 7. The SMILES string of the molecule is COC(=O)c1ccc(OCc2nc(-c3cccc(Cl)c3)no2)c(OC)c1. The highest BCUT2D eigenvalue weighted by molar-refractivity contribution is 6.30. The summed E-state index contributed by atoms with van der Waals surface area (Å²) in [5.74, 6) is 1.07. The van der Waals surface area contributed by atoms with E-state index in [-0.39, 0.29) is 6.61 Å². The zero-order valence-corrected chi connectivity index (χ0v) is 14.8. The molecule has 0 bridgehead atoms. The standard InChI is InChI=1S/C18H15ClN2O5/c1-23-15-9-12(18(22)24-2)6-7-14(15)25-10-16-20-17(21-26-16)11-4-3-5-13(19)8-11/h3-9H,10H2,1-2H3. The first-order valence-corrected chi connectivity index (χ1v) is 7.96. The van der Waals surface area contributed by atoms with Crippen LogP contribution in [0.15, 0.2) is 47.0 Å². The van der Waals surface area contributed by atoms with Gasteiger partial charge in [-0.15, -0.1) is 0 Å². The Morgan fingerprint density at radius 3 is 2.73 bits per heavy atom. The molecule has 26 heavy (non-hydrogen) atoms. The van der Waals surface area contributed by atoms with Crippen molar-refractivity contribution in [2.75, 3.05) is 14.2 Å². The van der Waals surface area contributed by atoms with Gasteiger partial charge in [-0.1, -0.05) is 28.9 Å². The zero-order valence-electron chi connectivity index (χ0n) is 14.1. The van der Waals surface area contributed by atoms with E-state index in [1.807, 2.05) is 6.07 Å². The van der Waals surface area contributed by atoms with Crippen LogP contribution in [-0.2, 0) is 11.3 Å². The minimum absolute atomic E-state index is 0.0432.